The first-order valence-electron chi connectivity index (χ1n) is 7.45. The lowest BCUT2D eigenvalue weighted by molar-refractivity contribution is -0.125. The van der Waals surface area contributed by atoms with Crippen LogP contribution in [0, 0.1) is 0 Å². The third-order valence-electron chi connectivity index (χ3n) is 3.74. The number of hydrogen-bond donors (Lipinski definition) is 1. The summed E-state index contributed by atoms with van der Waals surface area (Å²) in [6.45, 7) is 1.78. The summed E-state index contributed by atoms with van der Waals surface area (Å²) >= 11 is 0. The van der Waals surface area contributed by atoms with E-state index in [1.165, 1.54) is 21.1 Å². The van der Waals surface area contributed by atoms with E-state index in [0.717, 1.165) is 5.56 Å². The number of methoxy groups -OCH3 is 2. The molecule has 0 radical (unpaired) electrons. The van der Waals surface area contributed by atoms with E-state index in [1.54, 1.807) is 0 Å². The van der Waals surface area contributed by atoms with Gasteiger partial charge in [-0.2, -0.15) is 0 Å². The second-order valence-corrected chi connectivity index (χ2v) is 5.22. The molecule has 6 heteroatoms. The Labute approximate surface area is 140 Å². The zero-order valence-electron chi connectivity index (χ0n) is 13.8. The van der Waals surface area contributed by atoms with Gasteiger partial charge in [0.1, 0.15) is 0 Å². The van der Waals surface area contributed by atoms with E-state index in [4.69, 9.17) is 9.47 Å². The lowest BCUT2D eigenvalue weighted by atomic mass is 9.92. The molecular formula is C18H19NO5. The lowest BCUT2D eigenvalue weighted by Crippen LogP contribution is -2.35. The molecule has 0 bridgehead atoms. The van der Waals surface area contributed by atoms with Crippen LogP contribution < -0.4 is 5.32 Å². The number of carbonyl (C=O) groups excluding carboxylic acids is 3. The molecule has 1 aromatic rings. The van der Waals surface area contributed by atoms with E-state index in [1.807, 2.05) is 30.3 Å². The zero-order valence-corrected chi connectivity index (χ0v) is 13.8. The molecule has 126 valence electrons. The fourth-order valence-corrected chi connectivity index (χ4v) is 2.47. The lowest BCUT2D eigenvalue weighted by Gasteiger charge is -2.19. The van der Waals surface area contributed by atoms with Gasteiger partial charge >= 0.3 is 0 Å². The molecule has 0 heterocycles. The minimum atomic E-state index is -0.649. The number of nitrogens with one attached hydrogen (secondary N) is 1. The van der Waals surface area contributed by atoms with Gasteiger partial charge in [0.05, 0.1) is 19.8 Å². The standard InChI is InChI=1S/C18H19NO5/c1-11-13(15(21)17(24-3)16(23-2)14(11)20)18(22)19-10-9-12-7-5-4-6-8-12/h4-8H,9-10H2,1-3H3,(H,19,22). The van der Waals surface area contributed by atoms with Crippen LogP contribution in [-0.2, 0) is 30.3 Å². The molecule has 1 amide bonds. The second-order valence-electron chi connectivity index (χ2n) is 5.22. The summed E-state index contributed by atoms with van der Waals surface area (Å²) in [5, 5.41) is 2.67. The highest BCUT2D eigenvalue weighted by Gasteiger charge is 2.37. The van der Waals surface area contributed by atoms with Gasteiger partial charge in [0, 0.05) is 12.1 Å². The maximum atomic E-state index is 12.4. The summed E-state index contributed by atoms with van der Waals surface area (Å²) in [7, 11) is 2.53. The van der Waals surface area contributed by atoms with Gasteiger partial charge in [-0.1, -0.05) is 30.3 Å². The first-order valence-corrected chi connectivity index (χ1v) is 7.45. The first kappa shape index (κ1) is 17.5. The van der Waals surface area contributed by atoms with Gasteiger partial charge in [-0.15, -0.1) is 0 Å². The number of carbonyl (C=O) groups is 3. The summed E-state index contributed by atoms with van der Waals surface area (Å²) in [5.41, 5.74) is 0.911. The Bertz CT molecular complexity index is 731. The molecule has 24 heavy (non-hydrogen) atoms. The molecule has 0 spiro atoms. The minimum absolute atomic E-state index is 0.0508. The van der Waals surface area contributed by atoms with Crippen molar-refractivity contribution in [2.45, 2.75) is 13.3 Å². The van der Waals surface area contributed by atoms with Crippen LogP contribution in [0.1, 0.15) is 12.5 Å². The van der Waals surface area contributed by atoms with Crippen LogP contribution >= 0.6 is 0 Å². The molecule has 0 unspecified atom stereocenters. The maximum Gasteiger partial charge on any atom is 0.255 e. The van der Waals surface area contributed by atoms with E-state index in [-0.39, 0.29) is 22.7 Å². The maximum absolute atomic E-state index is 12.4. The van der Waals surface area contributed by atoms with Gasteiger partial charge in [0.15, 0.2) is 0 Å². The Morgan fingerprint density at radius 1 is 1.00 bits per heavy atom. The molecule has 1 N–H and O–H groups in total. The van der Waals surface area contributed by atoms with E-state index >= 15 is 0 Å². The number of ketones is 2. The number of ether oxygens (including phenoxy) is 2. The zero-order chi connectivity index (χ0) is 17.7. The minimum Gasteiger partial charge on any atom is -0.489 e. The Balaban J connectivity index is 2.12. The molecule has 6 nitrogen and oxygen atoms in total. The third-order valence-corrected chi connectivity index (χ3v) is 3.74. The van der Waals surface area contributed by atoms with Crippen molar-refractivity contribution in [2.75, 3.05) is 20.8 Å². The van der Waals surface area contributed by atoms with Crippen molar-refractivity contribution in [3.05, 3.63) is 58.6 Å². The Morgan fingerprint density at radius 3 is 2.17 bits per heavy atom. The van der Waals surface area contributed by atoms with Crippen LogP contribution in [0.15, 0.2) is 53.0 Å². The highest BCUT2D eigenvalue weighted by molar-refractivity contribution is 6.33. The number of hydrogen-bond acceptors (Lipinski definition) is 5. The van der Waals surface area contributed by atoms with Gasteiger partial charge in [0.25, 0.3) is 5.91 Å². The second kappa shape index (κ2) is 7.59. The normalized spacial score (nSPS) is 14.8. The third kappa shape index (κ3) is 3.37. The average Bonchev–Trinajstić information content (AvgIpc) is 2.59. The first-order chi connectivity index (χ1) is 11.5. The number of amides is 1. The molecular weight excluding hydrogens is 310 g/mol. The molecule has 1 aromatic carbocycles. The average molecular weight is 329 g/mol. The summed E-state index contributed by atoms with van der Waals surface area (Å²) in [4.78, 5) is 37.0. The molecule has 0 aliphatic heterocycles. The summed E-state index contributed by atoms with van der Waals surface area (Å²) < 4.78 is 9.88. The van der Waals surface area contributed by atoms with Crippen molar-refractivity contribution < 1.29 is 23.9 Å². The molecule has 1 aliphatic rings. The van der Waals surface area contributed by atoms with Crippen molar-refractivity contribution in [3.8, 4) is 0 Å². The predicted octanol–water partition coefficient (Wildman–Crippen LogP) is 1.32. The molecule has 0 saturated carbocycles. The quantitative estimate of drug-likeness (QED) is 0.629. The van der Waals surface area contributed by atoms with E-state index in [2.05, 4.69) is 5.32 Å². The molecule has 0 saturated heterocycles. The van der Waals surface area contributed by atoms with Gasteiger partial charge in [0.2, 0.25) is 23.1 Å². The smallest absolute Gasteiger partial charge is 0.255 e. The Kier molecular flexibility index (Phi) is 5.52. The summed E-state index contributed by atoms with van der Waals surface area (Å²) in [5.74, 6) is -2.19. The number of Topliss-reactive ketones (excluding diaryl/α,β-unsaturated/α-hetero) is 2. The highest BCUT2D eigenvalue weighted by Crippen LogP contribution is 2.25. The number of rotatable bonds is 6. The SMILES string of the molecule is COC1=C(OC)C(=O)C(C(=O)NCCc2ccccc2)=C(C)C1=O. The highest BCUT2D eigenvalue weighted by atomic mass is 16.5. The van der Waals surface area contributed by atoms with Crippen LogP contribution in [-0.4, -0.2) is 38.2 Å². The molecule has 0 aromatic heterocycles. The van der Waals surface area contributed by atoms with E-state index < -0.39 is 17.5 Å². The Morgan fingerprint density at radius 2 is 1.58 bits per heavy atom. The van der Waals surface area contributed by atoms with Crippen LogP contribution in [0.25, 0.3) is 0 Å². The summed E-state index contributed by atoms with van der Waals surface area (Å²) in [6.07, 6.45) is 0.622. The van der Waals surface area contributed by atoms with E-state index in [0.29, 0.717) is 13.0 Å². The summed E-state index contributed by atoms with van der Waals surface area (Å²) in [6, 6.07) is 9.63. The fourth-order valence-electron chi connectivity index (χ4n) is 2.47. The van der Waals surface area contributed by atoms with Crippen molar-refractivity contribution in [2.24, 2.45) is 0 Å². The topological polar surface area (TPSA) is 81.7 Å². The number of benzene rings is 1. The molecule has 0 atom stereocenters. The van der Waals surface area contributed by atoms with Gasteiger partial charge in [-0.05, 0) is 18.9 Å². The van der Waals surface area contributed by atoms with Crippen LogP contribution in [0.2, 0.25) is 0 Å². The largest absolute Gasteiger partial charge is 0.489 e. The fraction of sp³-hybridized carbons (Fsp3) is 0.278. The van der Waals surface area contributed by atoms with Crippen LogP contribution in [0.5, 0.6) is 0 Å². The van der Waals surface area contributed by atoms with Gasteiger partial charge < -0.3 is 14.8 Å². The number of allylic oxidation sites excluding steroid dienone is 2. The van der Waals surface area contributed by atoms with Crippen LogP contribution in [0.3, 0.4) is 0 Å². The van der Waals surface area contributed by atoms with Crippen molar-refractivity contribution in [1.29, 1.82) is 0 Å². The van der Waals surface area contributed by atoms with Gasteiger partial charge in [-0.25, -0.2) is 0 Å². The predicted molar refractivity (Wildman–Crippen MR) is 86.9 cm³/mol. The van der Waals surface area contributed by atoms with Gasteiger partial charge in [-0.3, -0.25) is 14.4 Å². The molecule has 2 rings (SSSR count). The van der Waals surface area contributed by atoms with Crippen molar-refractivity contribution >= 4 is 17.5 Å². The monoisotopic (exact) mass is 329 g/mol. The van der Waals surface area contributed by atoms with Crippen LogP contribution in [0.4, 0.5) is 0 Å². The van der Waals surface area contributed by atoms with E-state index in [9.17, 15) is 14.4 Å². The molecule has 0 fully saturated rings. The van der Waals surface area contributed by atoms with Crippen molar-refractivity contribution in [3.63, 3.8) is 0 Å². The Hall–Kier alpha value is -2.89. The van der Waals surface area contributed by atoms with Crippen molar-refractivity contribution in [1.82, 2.24) is 5.32 Å². The molecule has 1 aliphatic carbocycles.